The second kappa shape index (κ2) is 7.53. The third-order valence-electron chi connectivity index (χ3n) is 3.60. The molecule has 0 saturated heterocycles. The Balaban J connectivity index is 1.57. The molecule has 0 saturated carbocycles. The Morgan fingerprint density at radius 3 is 2.56 bits per heavy atom. The van der Waals surface area contributed by atoms with Gasteiger partial charge >= 0.3 is 5.63 Å². The Hall–Kier alpha value is -3.28. The number of carbonyl (C=O) groups is 1. The number of ether oxygens (including phenoxy) is 2. The van der Waals surface area contributed by atoms with E-state index < -0.39 is 11.5 Å². The number of methoxy groups -OCH3 is 1. The van der Waals surface area contributed by atoms with Crippen molar-refractivity contribution in [3.05, 3.63) is 70.6 Å². The number of hydrogen-bond donors (Lipinski definition) is 1. The largest absolute Gasteiger partial charge is 0.497 e. The van der Waals surface area contributed by atoms with E-state index in [1.54, 1.807) is 49.6 Å². The Morgan fingerprint density at radius 2 is 1.80 bits per heavy atom. The summed E-state index contributed by atoms with van der Waals surface area (Å²) in [5.41, 5.74) is -0.234. The number of rotatable bonds is 6. The molecule has 3 aromatic rings. The Kier molecular flexibility index (Phi) is 4.99. The van der Waals surface area contributed by atoms with Crippen molar-refractivity contribution in [2.75, 3.05) is 20.3 Å². The van der Waals surface area contributed by atoms with Crippen LogP contribution in [0.3, 0.4) is 0 Å². The van der Waals surface area contributed by atoms with E-state index in [0.29, 0.717) is 16.7 Å². The molecule has 25 heavy (non-hydrogen) atoms. The fourth-order valence-electron chi connectivity index (χ4n) is 2.32. The van der Waals surface area contributed by atoms with E-state index in [-0.39, 0.29) is 18.7 Å². The van der Waals surface area contributed by atoms with Gasteiger partial charge in [-0.05, 0) is 36.4 Å². The van der Waals surface area contributed by atoms with Crippen molar-refractivity contribution in [3.8, 4) is 11.5 Å². The van der Waals surface area contributed by atoms with Gasteiger partial charge in [0.25, 0.3) is 5.91 Å². The van der Waals surface area contributed by atoms with Gasteiger partial charge in [0.2, 0.25) is 0 Å². The molecule has 0 aliphatic carbocycles. The van der Waals surface area contributed by atoms with Crippen molar-refractivity contribution in [3.63, 3.8) is 0 Å². The molecule has 0 bridgehead atoms. The molecule has 0 fully saturated rings. The molecule has 1 amide bonds. The van der Waals surface area contributed by atoms with Crippen LogP contribution in [0.25, 0.3) is 11.0 Å². The number of amides is 1. The average molecular weight is 339 g/mol. The second-order valence-corrected chi connectivity index (χ2v) is 5.27. The normalized spacial score (nSPS) is 10.4. The predicted octanol–water partition coefficient (Wildman–Crippen LogP) is 2.61. The summed E-state index contributed by atoms with van der Waals surface area (Å²) in [7, 11) is 1.59. The lowest BCUT2D eigenvalue weighted by molar-refractivity contribution is 0.0943. The van der Waals surface area contributed by atoms with Gasteiger partial charge in [0.15, 0.2) is 0 Å². The van der Waals surface area contributed by atoms with E-state index in [9.17, 15) is 9.59 Å². The fourth-order valence-corrected chi connectivity index (χ4v) is 2.32. The maximum Gasteiger partial charge on any atom is 0.349 e. The number of nitrogens with one attached hydrogen (secondary N) is 1. The zero-order valence-electron chi connectivity index (χ0n) is 13.7. The summed E-state index contributed by atoms with van der Waals surface area (Å²) >= 11 is 0. The molecule has 1 N–H and O–H groups in total. The summed E-state index contributed by atoms with van der Waals surface area (Å²) in [5.74, 6) is 0.918. The molecule has 128 valence electrons. The van der Waals surface area contributed by atoms with Crippen molar-refractivity contribution < 1.29 is 18.7 Å². The molecular weight excluding hydrogens is 322 g/mol. The van der Waals surface area contributed by atoms with Gasteiger partial charge in [-0.15, -0.1) is 0 Å². The van der Waals surface area contributed by atoms with Crippen LogP contribution in [0.4, 0.5) is 0 Å². The summed E-state index contributed by atoms with van der Waals surface area (Å²) in [4.78, 5) is 24.1. The third-order valence-corrected chi connectivity index (χ3v) is 3.60. The van der Waals surface area contributed by atoms with Crippen LogP contribution in [0.1, 0.15) is 10.4 Å². The van der Waals surface area contributed by atoms with Crippen LogP contribution in [0.5, 0.6) is 11.5 Å². The maximum atomic E-state index is 12.2. The summed E-state index contributed by atoms with van der Waals surface area (Å²) in [5, 5.41) is 3.34. The van der Waals surface area contributed by atoms with Crippen molar-refractivity contribution >= 4 is 16.9 Å². The highest BCUT2D eigenvalue weighted by atomic mass is 16.5. The van der Waals surface area contributed by atoms with Crippen LogP contribution >= 0.6 is 0 Å². The highest BCUT2D eigenvalue weighted by molar-refractivity contribution is 5.96. The Labute approximate surface area is 144 Å². The zero-order valence-corrected chi connectivity index (χ0v) is 13.7. The number of hydrogen-bond acceptors (Lipinski definition) is 5. The molecule has 3 rings (SSSR count). The van der Waals surface area contributed by atoms with E-state index in [1.807, 2.05) is 6.07 Å². The van der Waals surface area contributed by atoms with Crippen LogP contribution in [0.15, 0.2) is 63.8 Å². The monoisotopic (exact) mass is 339 g/mol. The van der Waals surface area contributed by atoms with E-state index >= 15 is 0 Å². The van der Waals surface area contributed by atoms with Crippen molar-refractivity contribution in [2.24, 2.45) is 0 Å². The lowest BCUT2D eigenvalue weighted by atomic mass is 10.2. The summed E-state index contributed by atoms with van der Waals surface area (Å²) in [6.45, 7) is 0.536. The first kappa shape index (κ1) is 16.6. The standard InChI is InChI=1S/C19H17NO5/c1-23-14-6-8-15(9-7-14)24-11-10-20-18(21)16-12-13-4-2-3-5-17(13)25-19(16)22/h2-9,12H,10-11H2,1H3,(H,20,21). The average Bonchev–Trinajstić information content (AvgIpc) is 2.65. The lowest BCUT2D eigenvalue weighted by Gasteiger charge is -2.08. The van der Waals surface area contributed by atoms with Crippen LogP contribution in [-0.4, -0.2) is 26.2 Å². The number of fused-ring (bicyclic) bond motifs is 1. The quantitative estimate of drug-likeness (QED) is 0.552. The maximum absolute atomic E-state index is 12.2. The molecule has 0 aliphatic heterocycles. The lowest BCUT2D eigenvalue weighted by Crippen LogP contribution is -2.31. The van der Waals surface area contributed by atoms with Crippen LogP contribution < -0.4 is 20.4 Å². The van der Waals surface area contributed by atoms with Gasteiger partial charge in [-0.25, -0.2) is 4.79 Å². The first-order valence-corrected chi connectivity index (χ1v) is 7.75. The molecule has 0 unspecified atom stereocenters. The molecule has 0 radical (unpaired) electrons. The SMILES string of the molecule is COc1ccc(OCCNC(=O)c2cc3ccccc3oc2=O)cc1. The summed E-state index contributed by atoms with van der Waals surface area (Å²) < 4.78 is 15.7. The molecule has 0 atom stereocenters. The van der Waals surface area contributed by atoms with Gasteiger partial charge < -0.3 is 19.2 Å². The molecular formula is C19H17NO5. The topological polar surface area (TPSA) is 77.8 Å². The second-order valence-electron chi connectivity index (χ2n) is 5.27. The highest BCUT2D eigenvalue weighted by Crippen LogP contribution is 2.16. The highest BCUT2D eigenvalue weighted by Gasteiger charge is 2.13. The summed E-state index contributed by atoms with van der Waals surface area (Å²) in [6.07, 6.45) is 0. The van der Waals surface area contributed by atoms with E-state index in [1.165, 1.54) is 6.07 Å². The van der Waals surface area contributed by atoms with Crippen LogP contribution in [0.2, 0.25) is 0 Å². The molecule has 6 heteroatoms. The van der Waals surface area contributed by atoms with Crippen molar-refractivity contribution in [2.45, 2.75) is 0 Å². The molecule has 2 aromatic carbocycles. The van der Waals surface area contributed by atoms with Gasteiger partial charge in [0, 0.05) is 5.39 Å². The predicted molar refractivity (Wildman–Crippen MR) is 93.3 cm³/mol. The summed E-state index contributed by atoms with van der Waals surface area (Å²) in [6, 6.07) is 15.7. The minimum absolute atomic E-state index is 0.0249. The molecule has 1 heterocycles. The molecule has 1 aromatic heterocycles. The van der Waals surface area contributed by atoms with Crippen LogP contribution in [0, 0.1) is 0 Å². The van der Waals surface area contributed by atoms with Gasteiger partial charge in [-0.3, -0.25) is 4.79 Å². The molecule has 0 spiro atoms. The Bertz CT molecular complexity index is 930. The van der Waals surface area contributed by atoms with Crippen molar-refractivity contribution in [1.29, 1.82) is 0 Å². The van der Waals surface area contributed by atoms with E-state index in [0.717, 1.165) is 5.75 Å². The van der Waals surface area contributed by atoms with E-state index in [4.69, 9.17) is 13.9 Å². The number of benzene rings is 2. The van der Waals surface area contributed by atoms with E-state index in [2.05, 4.69) is 5.32 Å². The minimum Gasteiger partial charge on any atom is -0.497 e. The van der Waals surface area contributed by atoms with Gasteiger partial charge in [-0.1, -0.05) is 18.2 Å². The third kappa shape index (κ3) is 3.98. The van der Waals surface area contributed by atoms with Gasteiger partial charge in [0.05, 0.1) is 13.7 Å². The Morgan fingerprint density at radius 1 is 1.08 bits per heavy atom. The molecule has 6 nitrogen and oxygen atoms in total. The van der Waals surface area contributed by atoms with Crippen LogP contribution in [-0.2, 0) is 0 Å². The number of carbonyl (C=O) groups excluding carboxylic acids is 1. The van der Waals surface area contributed by atoms with Gasteiger partial charge in [0.1, 0.15) is 29.3 Å². The fraction of sp³-hybridized carbons (Fsp3) is 0.158. The molecule has 0 aliphatic rings. The smallest absolute Gasteiger partial charge is 0.349 e. The first-order valence-electron chi connectivity index (χ1n) is 7.75. The minimum atomic E-state index is -0.660. The first-order chi connectivity index (χ1) is 12.2. The van der Waals surface area contributed by atoms with Crippen molar-refractivity contribution in [1.82, 2.24) is 5.32 Å². The van der Waals surface area contributed by atoms with Gasteiger partial charge in [-0.2, -0.15) is 0 Å². The number of para-hydroxylation sites is 1. The zero-order chi connectivity index (χ0) is 17.6.